The van der Waals surface area contributed by atoms with Crippen LogP contribution in [0.3, 0.4) is 0 Å². The van der Waals surface area contributed by atoms with Gasteiger partial charge in [0.25, 0.3) is 0 Å². The quantitative estimate of drug-likeness (QED) is 0.624. The Morgan fingerprint density at radius 2 is 1.94 bits per heavy atom. The zero-order chi connectivity index (χ0) is 12.2. The molecule has 18 heavy (non-hydrogen) atoms. The van der Waals surface area contributed by atoms with Crippen LogP contribution < -0.4 is 0 Å². The van der Waals surface area contributed by atoms with Crippen LogP contribution >= 0.6 is 0 Å². The number of hydrogen-bond donors (Lipinski definition) is 0. The van der Waals surface area contributed by atoms with Gasteiger partial charge in [-0.1, -0.05) is 49.7 Å². The molecular weight excluding hydrogens is 218 g/mol. The largest absolute Gasteiger partial charge is 0.256 e. The lowest BCUT2D eigenvalue weighted by Crippen LogP contribution is -2.32. The smallest absolute Gasteiger partial charge is 0.0749 e. The van der Waals surface area contributed by atoms with Crippen molar-refractivity contribution in [1.82, 2.24) is 0 Å². The van der Waals surface area contributed by atoms with E-state index in [0.29, 0.717) is 0 Å². The van der Waals surface area contributed by atoms with Gasteiger partial charge in [0.2, 0.25) is 0 Å². The van der Waals surface area contributed by atoms with Crippen molar-refractivity contribution in [2.45, 2.75) is 38.0 Å². The first kappa shape index (κ1) is 10.3. The second kappa shape index (κ2) is 3.44. The molecule has 0 spiro atoms. The highest BCUT2D eigenvalue weighted by Crippen LogP contribution is 2.49. The molecule has 1 nitrogen and oxygen atoms in total. The van der Waals surface area contributed by atoms with Crippen LogP contribution in [0.25, 0.3) is 10.8 Å². The molecule has 2 aromatic rings. The molecule has 2 aromatic carbocycles. The monoisotopic (exact) mass is 235 g/mol. The van der Waals surface area contributed by atoms with Gasteiger partial charge in [-0.05, 0) is 30.2 Å². The van der Waals surface area contributed by atoms with Gasteiger partial charge < -0.3 is 0 Å². The van der Waals surface area contributed by atoms with E-state index in [1.54, 1.807) is 0 Å². The second-order valence-electron chi connectivity index (χ2n) is 5.78. The molecule has 0 N–H and O–H groups in total. The maximum atomic E-state index is 4.99. The van der Waals surface area contributed by atoms with Crippen molar-refractivity contribution >= 4 is 22.2 Å². The van der Waals surface area contributed by atoms with E-state index in [-0.39, 0.29) is 5.41 Å². The van der Waals surface area contributed by atoms with E-state index in [1.807, 2.05) is 0 Å². The lowest BCUT2D eigenvalue weighted by atomic mass is 9.70. The predicted molar refractivity (Wildman–Crippen MR) is 76.9 cm³/mol. The van der Waals surface area contributed by atoms with Crippen LogP contribution in [0.15, 0.2) is 41.4 Å². The zero-order valence-corrected chi connectivity index (χ0v) is 10.7. The van der Waals surface area contributed by atoms with E-state index < -0.39 is 0 Å². The van der Waals surface area contributed by atoms with Gasteiger partial charge in [-0.3, -0.25) is 4.99 Å². The summed E-state index contributed by atoms with van der Waals surface area (Å²) in [7, 11) is 0. The van der Waals surface area contributed by atoms with Crippen LogP contribution in [0.1, 0.15) is 38.2 Å². The molecule has 1 heterocycles. The van der Waals surface area contributed by atoms with Crippen LogP contribution in [0.5, 0.6) is 0 Å². The summed E-state index contributed by atoms with van der Waals surface area (Å²) in [4.78, 5) is 4.99. The SMILES string of the molecule is CC12CCCCC1=Nc1c2ccc2ccccc12. The molecular formula is C17H17N. The third kappa shape index (κ3) is 1.19. The number of hydrogen-bond acceptors (Lipinski definition) is 1. The molecule has 4 rings (SSSR count). The molecule has 1 atom stereocenters. The topological polar surface area (TPSA) is 12.4 Å². The van der Waals surface area contributed by atoms with Gasteiger partial charge in [-0.15, -0.1) is 0 Å². The Balaban J connectivity index is 2.05. The van der Waals surface area contributed by atoms with Gasteiger partial charge >= 0.3 is 0 Å². The van der Waals surface area contributed by atoms with Gasteiger partial charge in [0, 0.05) is 16.5 Å². The first-order valence-electron chi connectivity index (χ1n) is 6.89. The Morgan fingerprint density at radius 1 is 1.06 bits per heavy atom. The van der Waals surface area contributed by atoms with E-state index in [2.05, 4.69) is 43.3 Å². The van der Waals surface area contributed by atoms with Crippen molar-refractivity contribution in [2.75, 3.05) is 0 Å². The summed E-state index contributed by atoms with van der Waals surface area (Å²) in [5.41, 5.74) is 4.33. The van der Waals surface area contributed by atoms with Crippen molar-refractivity contribution in [2.24, 2.45) is 4.99 Å². The van der Waals surface area contributed by atoms with Crippen molar-refractivity contribution < 1.29 is 0 Å². The molecule has 1 saturated carbocycles. The maximum Gasteiger partial charge on any atom is 0.0749 e. The average Bonchev–Trinajstić information content (AvgIpc) is 2.72. The lowest BCUT2D eigenvalue weighted by Gasteiger charge is -2.31. The Morgan fingerprint density at radius 3 is 2.89 bits per heavy atom. The summed E-state index contributed by atoms with van der Waals surface area (Å²) in [5, 5.41) is 2.63. The minimum absolute atomic E-state index is 0.220. The van der Waals surface area contributed by atoms with Gasteiger partial charge in [0.1, 0.15) is 0 Å². The van der Waals surface area contributed by atoms with Crippen LogP contribution in [0.2, 0.25) is 0 Å². The summed E-state index contributed by atoms with van der Waals surface area (Å²) in [6.45, 7) is 2.38. The molecule has 1 heteroatoms. The molecule has 1 fully saturated rings. The fourth-order valence-corrected chi connectivity index (χ4v) is 3.62. The fraction of sp³-hybridized carbons (Fsp3) is 0.353. The van der Waals surface area contributed by atoms with Crippen molar-refractivity contribution in [3.63, 3.8) is 0 Å². The lowest BCUT2D eigenvalue weighted by molar-refractivity contribution is 0.498. The highest BCUT2D eigenvalue weighted by atomic mass is 14.8. The summed E-state index contributed by atoms with van der Waals surface area (Å²) in [5.74, 6) is 0. The van der Waals surface area contributed by atoms with Crippen molar-refractivity contribution in [3.05, 3.63) is 42.0 Å². The first-order valence-corrected chi connectivity index (χ1v) is 6.89. The van der Waals surface area contributed by atoms with E-state index in [1.165, 1.54) is 53.4 Å². The normalized spacial score (nSPS) is 25.7. The average molecular weight is 235 g/mol. The Labute approximate surface area is 108 Å². The summed E-state index contributed by atoms with van der Waals surface area (Å²) < 4.78 is 0. The number of fused-ring (bicyclic) bond motifs is 5. The molecule has 0 amide bonds. The third-order valence-corrected chi connectivity index (χ3v) is 4.72. The van der Waals surface area contributed by atoms with Crippen molar-refractivity contribution in [1.29, 1.82) is 0 Å². The van der Waals surface area contributed by atoms with Gasteiger partial charge in [0.15, 0.2) is 0 Å². The molecule has 0 saturated heterocycles. The minimum Gasteiger partial charge on any atom is -0.256 e. The Kier molecular flexibility index (Phi) is 1.97. The predicted octanol–water partition coefficient (Wildman–Crippen LogP) is 4.76. The molecule has 0 bridgehead atoms. The minimum atomic E-state index is 0.220. The fourth-order valence-electron chi connectivity index (χ4n) is 3.62. The zero-order valence-electron chi connectivity index (χ0n) is 10.7. The molecule has 0 radical (unpaired) electrons. The maximum absolute atomic E-state index is 4.99. The van der Waals surface area contributed by atoms with Crippen LogP contribution in [0, 0.1) is 0 Å². The van der Waals surface area contributed by atoms with E-state index in [4.69, 9.17) is 4.99 Å². The standard InChI is InChI=1S/C17H17N/c1-17-11-5-4-8-15(17)18-16-13-7-3-2-6-12(13)9-10-14(16)17/h2-3,6-7,9-10H,4-5,8,11H2,1H3. The van der Waals surface area contributed by atoms with Crippen molar-refractivity contribution in [3.8, 4) is 0 Å². The molecule has 2 aliphatic rings. The van der Waals surface area contributed by atoms with E-state index in [9.17, 15) is 0 Å². The van der Waals surface area contributed by atoms with Crippen LogP contribution in [0.4, 0.5) is 5.69 Å². The molecule has 90 valence electrons. The number of aliphatic imine (C=N–C) groups is 1. The van der Waals surface area contributed by atoms with E-state index in [0.717, 1.165) is 0 Å². The third-order valence-electron chi connectivity index (χ3n) is 4.72. The molecule has 1 unspecified atom stereocenters. The summed E-state index contributed by atoms with van der Waals surface area (Å²) in [6.07, 6.45) is 5.08. The number of rotatable bonds is 0. The molecule has 1 aliphatic carbocycles. The van der Waals surface area contributed by atoms with Crippen LogP contribution in [-0.2, 0) is 5.41 Å². The highest BCUT2D eigenvalue weighted by Gasteiger charge is 2.40. The highest BCUT2D eigenvalue weighted by molar-refractivity contribution is 6.08. The van der Waals surface area contributed by atoms with Gasteiger partial charge in [0.05, 0.1) is 5.69 Å². The number of benzene rings is 2. The summed E-state index contributed by atoms with van der Waals surface area (Å²) in [6, 6.07) is 13.2. The Hall–Kier alpha value is -1.63. The van der Waals surface area contributed by atoms with Gasteiger partial charge in [-0.25, -0.2) is 0 Å². The Bertz CT molecular complexity index is 668. The van der Waals surface area contributed by atoms with E-state index >= 15 is 0 Å². The molecule has 1 aliphatic heterocycles. The molecule has 0 aromatic heterocycles. The van der Waals surface area contributed by atoms with Crippen LogP contribution in [-0.4, -0.2) is 5.71 Å². The van der Waals surface area contributed by atoms with Gasteiger partial charge in [-0.2, -0.15) is 0 Å². The second-order valence-corrected chi connectivity index (χ2v) is 5.78. The number of nitrogens with zero attached hydrogens (tertiary/aromatic N) is 1. The first-order chi connectivity index (χ1) is 8.79. The summed E-state index contributed by atoms with van der Waals surface area (Å²) >= 11 is 0.